The molecule has 6 rings (SSSR count). The average Bonchev–Trinajstić information content (AvgIpc) is 3.67. The Labute approximate surface area is 249 Å². The summed E-state index contributed by atoms with van der Waals surface area (Å²) in [5, 5.41) is 3.42. The molecule has 0 saturated heterocycles. The Hall–Kier alpha value is -3.77. The van der Waals surface area contributed by atoms with E-state index in [0.717, 1.165) is 31.9 Å². The van der Waals surface area contributed by atoms with E-state index in [9.17, 15) is 13.2 Å². The zero-order valence-corrected chi connectivity index (χ0v) is 25.3. The molecule has 41 heavy (non-hydrogen) atoms. The molecule has 0 saturated carbocycles. The molecule has 0 fully saturated rings. The minimum Gasteiger partial charge on any atom is -0.301 e. The molecule has 0 spiro atoms. The van der Waals surface area contributed by atoms with Crippen molar-refractivity contribution in [3.8, 4) is 20.3 Å². The van der Waals surface area contributed by atoms with Gasteiger partial charge in [-0.25, -0.2) is 13.4 Å². The van der Waals surface area contributed by atoms with Crippen LogP contribution < -0.4 is 10.3 Å². The van der Waals surface area contributed by atoms with Crippen LogP contribution in [0.15, 0.2) is 99.1 Å². The topological polar surface area (TPSA) is 105 Å². The number of H-pyrrole nitrogens is 1. The Bertz CT molecular complexity index is 2030. The van der Waals surface area contributed by atoms with Crippen molar-refractivity contribution in [2.75, 3.05) is 4.72 Å². The quantitative estimate of drug-likeness (QED) is 0.136. The van der Waals surface area contributed by atoms with Gasteiger partial charge in [-0.2, -0.15) is 0 Å². The normalized spacial score (nSPS) is 11.7. The smallest absolute Gasteiger partial charge is 0.261 e. The molecule has 0 aliphatic rings. The van der Waals surface area contributed by atoms with E-state index >= 15 is 0 Å². The number of hydrogen-bond acceptors (Lipinski definition) is 8. The Morgan fingerprint density at radius 1 is 0.902 bits per heavy atom. The predicted molar refractivity (Wildman–Crippen MR) is 170 cm³/mol. The van der Waals surface area contributed by atoms with Crippen LogP contribution in [0.2, 0.25) is 0 Å². The van der Waals surface area contributed by atoms with Crippen LogP contribution >= 0.6 is 34.4 Å². The standard InChI is InChI=1S/C30H24N4O3S4/c1-18-5-8-21-16-22(9-12-24(21)31-18)34-41(36,37)23-10-6-20(7-11-23)17-39-30-32-28(19(2)29(35)33-30)27-14-13-26(40-27)25-4-3-15-38-25/h3-16,34H,17H2,1-2H3,(H,32,33,35). The fourth-order valence-electron chi connectivity index (χ4n) is 4.26. The van der Waals surface area contributed by atoms with Gasteiger partial charge < -0.3 is 4.98 Å². The third-order valence-electron chi connectivity index (χ3n) is 6.42. The summed E-state index contributed by atoms with van der Waals surface area (Å²) < 4.78 is 28.7. The Morgan fingerprint density at radius 3 is 2.49 bits per heavy atom. The van der Waals surface area contributed by atoms with E-state index in [1.807, 2.05) is 36.6 Å². The number of aromatic nitrogens is 3. The van der Waals surface area contributed by atoms with Crippen molar-refractivity contribution < 1.29 is 8.42 Å². The van der Waals surface area contributed by atoms with E-state index < -0.39 is 10.0 Å². The third-order valence-corrected chi connectivity index (χ3v) is 10.9. The van der Waals surface area contributed by atoms with Gasteiger partial charge in [-0.3, -0.25) is 14.5 Å². The second-order valence-corrected chi connectivity index (χ2v) is 14.1. The van der Waals surface area contributed by atoms with Gasteiger partial charge in [0.1, 0.15) is 0 Å². The molecule has 7 nitrogen and oxygen atoms in total. The number of nitrogens with one attached hydrogen (secondary N) is 2. The molecule has 11 heteroatoms. The summed E-state index contributed by atoms with van der Waals surface area (Å²) in [5.74, 6) is 0.515. The van der Waals surface area contributed by atoms with E-state index in [-0.39, 0.29) is 10.5 Å². The van der Waals surface area contributed by atoms with Crippen molar-refractivity contribution >= 4 is 61.0 Å². The second-order valence-electron chi connectivity index (χ2n) is 9.38. The van der Waals surface area contributed by atoms with Gasteiger partial charge in [-0.15, -0.1) is 22.7 Å². The third kappa shape index (κ3) is 5.98. The maximum absolute atomic E-state index is 13.0. The number of thioether (sulfide) groups is 1. The summed E-state index contributed by atoms with van der Waals surface area (Å²) in [7, 11) is -3.77. The van der Waals surface area contributed by atoms with Crippen molar-refractivity contribution in [3.05, 3.63) is 111 Å². The van der Waals surface area contributed by atoms with Crippen LogP contribution in [0.4, 0.5) is 5.69 Å². The fraction of sp³-hybridized carbons (Fsp3) is 0.100. The summed E-state index contributed by atoms with van der Waals surface area (Å²) in [6, 6.07) is 24.0. The summed E-state index contributed by atoms with van der Waals surface area (Å²) >= 11 is 4.69. The van der Waals surface area contributed by atoms with Crippen LogP contribution in [0.1, 0.15) is 16.8 Å². The van der Waals surface area contributed by atoms with Gasteiger partial charge in [-0.05, 0) is 79.4 Å². The summed E-state index contributed by atoms with van der Waals surface area (Å²) in [5.41, 5.74) is 4.17. The maximum atomic E-state index is 13.0. The van der Waals surface area contributed by atoms with Gasteiger partial charge in [0.05, 0.1) is 21.0 Å². The summed E-state index contributed by atoms with van der Waals surface area (Å²) in [6.45, 7) is 3.70. The molecule has 206 valence electrons. The molecule has 6 aromatic rings. The maximum Gasteiger partial charge on any atom is 0.261 e. The van der Waals surface area contributed by atoms with Crippen molar-refractivity contribution in [2.45, 2.75) is 29.7 Å². The molecule has 0 bridgehead atoms. The van der Waals surface area contributed by atoms with Crippen LogP contribution in [0, 0.1) is 13.8 Å². The van der Waals surface area contributed by atoms with Crippen molar-refractivity contribution in [3.63, 3.8) is 0 Å². The Balaban J connectivity index is 1.15. The number of anilines is 1. The number of pyridine rings is 1. The molecule has 4 heterocycles. The molecule has 0 aliphatic heterocycles. The summed E-state index contributed by atoms with van der Waals surface area (Å²) in [6.07, 6.45) is 0. The number of aromatic amines is 1. The zero-order chi connectivity index (χ0) is 28.6. The van der Waals surface area contributed by atoms with Gasteiger partial charge >= 0.3 is 0 Å². The number of rotatable bonds is 8. The van der Waals surface area contributed by atoms with Gasteiger partial charge in [0.2, 0.25) is 0 Å². The zero-order valence-electron chi connectivity index (χ0n) is 22.0. The van der Waals surface area contributed by atoms with Crippen LogP contribution in [0.25, 0.3) is 31.2 Å². The number of fused-ring (bicyclic) bond motifs is 1. The first-order chi connectivity index (χ1) is 19.7. The lowest BCUT2D eigenvalue weighted by Gasteiger charge is -2.10. The lowest BCUT2D eigenvalue weighted by molar-refractivity contribution is 0.601. The highest BCUT2D eigenvalue weighted by molar-refractivity contribution is 7.98. The minimum atomic E-state index is -3.77. The molecule has 2 N–H and O–H groups in total. The van der Waals surface area contributed by atoms with Gasteiger partial charge in [0.15, 0.2) is 5.16 Å². The number of hydrogen-bond donors (Lipinski definition) is 2. The van der Waals surface area contributed by atoms with E-state index in [2.05, 4.69) is 26.8 Å². The van der Waals surface area contributed by atoms with Gasteiger partial charge in [0.25, 0.3) is 15.6 Å². The van der Waals surface area contributed by atoms with E-state index in [4.69, 9.17) is 4.98 Å². The lowest BCUT2D eigenvalue weighted by Crippen LogP contribution is -2.13. The van der Waals surface area contributed by atoms with Gasteiger partial charge in [0, 0.05) is 37.8 Å². The first-order valence-electron chi connectivity index (χ1n) is 12.6. The van der Waals surface area contributed by atoms with Crippen LogP contribution in [0.5, 0.6) is 0 Å². The number of benzene rings is 2. The molecule has 4 aromatic heterocycles. The van der Waals surface area contributed by atoms with E-state index in [1.54, 1.807) is 72.1 Å². The van der Waals surface area contributed by atoms with Crippen LogP contribution in [-0.4, -0.2) is 23.4 Å². The highest BCUT2D eigenvalue weighted by atomic mass is 32.2. The number of thiophene rings is 2. The van der Waals surface area contributed by atoms with E-state index in [1.165, 1.54) is 16.6 Å². The Morgan fingerprint density at radius 2 is 1.71 bits per heavy atom. The molecule has 0 unspecified atom stereocenters. The molecule has 2 aromatic carbocycles. The van der Waals surface area contributed by atoms with Crippen molar-refractivity contribution in [1.29, 1.82) is 0 Å². The highest BCUT2D eigenvalue weighted by Crippen LogP contribution is 2.37. The first kappa shape index (κ1) is 27.4. The predicted octanol–water partition coefficient (Wildman–Crippen LogP) is 7.49. The largest absolute Gasteiger partial charge is 0.301 e. The highest BCUT2D eigenvalue weighted by Gasteiger charge is 2.16. The Kier molecular flexibility index (Phi) is 7.52. The monoisotopic (exact) mass is 616 g/mol. The average molecular weight is 617 g/mol. The summed E-state index contributed by atoms with van der Waals surface area (Å²) in [4.78, 5) is 28.2. The lowest BCUT2D eigenvalue weighted by atomic mass is 10.2. The van der Waals surface area contributed by atoms with E-state index in [0.29, 0.717) is 27.9 Å². The minimum absolute atomic E-state index is 0.164. The molecule has 0 atom stereocenters. The second kappa shape index (κ2) is 11.2. The molecular weight excluding hydrogens is 593 g/mol. The SMILES string of the molecule is Cc1ccc2cc(NS(=O)(=O)c3ccc(CSc4nc(-c5ccc(-c6cccs6)s5)c(C)c(=O)[nH]4)cc3)ccc2n1. The van der Waals surface area contributed by atoms with Crippen molar-refractivity contribution in [2.24, 2.45) is 0 Å². The van der Waals surface area contributed by atoms with Gasteiger partial charge in [-0.1, -0.05) is 36.0 Å². The molecule has 0 aliphatic carbocycles. The van der Waals surface area contributed by atoms with Crippen LogP contribution in [0.3, 0.4) is 0 Å². The van der Waals surface area contributed by atoms with Crippen molar-refractivity contribution in [1.82, 2.24) is 15.0 Å². The molecule has 0 radical (unpaired) electrons. The first-order valence-corrected chi connectivity index (χ1v) is 16.8. The number of nitrogens with zero attached hydrogens (tertiary/aromatic N) is 2. The molecule has 0 amide bonds. The number of sulfonamides is 1. The molecular formula is C30H24N4O3S4. The fourth-order valence-corrected chi connectivity index (χ4v) is 8.01. The number of aryl methyl sites for hydroxylation is 1. The van der Waals surface area contributed by atoms with Crippen LogP contribution in [-0.2, 0) is 15.8 Å².